The van der Waals surface area contributed by atoms with Crippen LogP contribution in [0.15, 0.2) is 0 Å². The van der Waals surface area contributed by atoms with Crippen molar-refractivity contribution in [3.05, 3.63) is 0 Å². The predicted octanol–water partition coefficient (Wildman–Crippen LogP) is 2.39. The molecule has 1 heterocycles. The maximum atomic E-state index is 5.46. The van der Waals surface area contributed by atoms with Crippen molar-refractivity contribution >= 4 is 0 Å². The Morgan fingerprint density at radius 2 is 1.69 bits per heavy atom. The first-order chi connectivity index (χ1) is 7.60. The second kappa shape index (κ2) is 3.71. The number of hydrogen-bond acceptors (Lipinski definition) is 2. The second-order valence-electron chi connectivity index (χ2n) is 6.70. The van der Waals surface area contributed by atoms with Crippen LogP contribution in [0.5, 0.6) is 0 Å². The molecule has 0 aromatic rings. The molecule has 4 atom stereocenters. The summed E-state index contributed by atoms with van der Waals surface area (Å²) in [5.74, 6) is 2.93. The van der Waals surface area contributed by atoms with E-state index >= 15 is 0 Å². The fraction of sp³-hybridized carbons (Fsp3) is 1.00. The summed E-state index contributed by atoms with van der Waals surface area (Å²) < 4.78 is 5.46. The lowest BCUT2D eigenvalue weighted by atomic mass is 9.85. The molecule has 1 aliphatic heterocycles. The summed E-state index contributed by atoms with van der Waals surface area (Å²) in [7, 11) is 0. The van der Waals surface area contributed by atoms with E-state index in [1.54, 1.807) is 0 Å². The van der Waals surface area contributed by atoms with Gasteiger partial charge in [0, 0.05) is 19.1 Å². The van der Waals surface area contributed by atoms with Crippen LogP contribution in [-0.4, -0.2) is 37.2 Å². The Balaban J connectivity index is 1.67. The SMILES string of the molecule is CC1C[C@H]2[C@@H](CC1N1CCOCC1)C2(C)C. The molecule has 0 radical (unpaired) electrons. The third-order valence-corrected chi connectivity index (χ3v) is 5.58. The average Bonchev–Trinajstić information content (AvgIpc) is 2.80. The summed E-state index contributed by atoms with van der Waals surface area (Å²) >= 11 is 0. The highest BCUT2D eigenvalue weighted by Gasteiger charge is 2.61. The topological polar surface area (TPSA) is 12.5 Å². The quantitative estimate of drug-likeness (QED) is 0.677. The zero-order chi connectivity index (χ0) is 11.3. The van der Waals surface area contributed by atoms with Crippen molar-refractivity contribution in [1.82, 2.24) is 4.90 Å². The first kappa shape index (κ1) is 11.0. The fourth-order valence-electron chi connectivity index (χ4n) is 4.26. The van der Waals surface area contributed by atoms with Gasteiger partial charge in [-0.3, -0.25) is 4.90 Å². The summed E-state index contributed by atoms with van der Waals surface area (Å²) in [5, 5.41) is 0. The smallest absolute Gasteiger partial charge is 0.0594 e. The fourth-order valence-corrected chi connectivity index (χ4v) is 4.26. The van der Waals surface area contributed by atoms with Gasteiger partial charge in [0.2, 0.25) is 0 Å². The van der Waals surface area contributed by atoms with E-state index in [0.29, 0.717) is 5.41 Å². The Bertz CT molecular complexity index is 270. The van der Waals surface area contributed by atoms with E-state index in [1.807, 2.05) is 0 Å². The van der Waals surface area contributed by atoms with Gasteiger partial charge in [-0.2, -0.15) is 0 Å². The normalized spacial score (nSPS) is 47.4. The van der Waals surface area contributed by atoms with Gasteiger partial charge >= 0.3 is 0 Å². The van der Waals surface area contributed by atoms with Crippen molar-refractivity contribution in [2.24, 2.45) is 23.2 Å². The van der Waals surface area contributed by atoms with Gasteiger partial charge in [-0.25, -0.2) is 0 Å². The zero-order valence-corrected chi connectivity index (χ0v) is 10.9. The number of morpholine rings is 1. The molecule has 0 spiro atoms. The van der Waals surface area contributed by atoms with E-state index in [9.17, 15) is 0 Å². The zero-order valence-electron chi connectivity index (χ0n) is 10.9. The van der Waals surface area contributed by atoms with Crippen LogP contribution < -0.4 is 0 Å². The summed E-state index contributed by atoms with van der Waals surface area (Å²) in [4.78, 5) is 2.69. The summed E-state index contributed by atoms with van der Waals surface area (Å²) in [5.41, 5.74) is 0.648. The van der Waals surface area contributed by atoms with Crippen LogP contribution in [0.1, 0.15) is 33.6 Å². The first-order valence-corrected chi connectivity index (χ1v) is 6.92. The monoisotopic (exact) mass is 223 g/mol. The van der Waals surface area contributed by atoms with Gasteiger partial charge < -0.3 is 4.74 Å². The van der Waals surface area contributed by atoms with Gasteiger partial charge in [0.15, 0.2) is 0 Å². The van der Waals surface area contributed by atoms with E-state index in [0.717, 1.165) is 50.1 Å². The second-order valence-corrected chi connectivity index (χ2v) is 6.70. The largest absolute Gasteiger partial charge is 0.379 e. The Hall–Kier alpha value is -0.0800. The molecular weight excluding hydrogens is 198 g/mol. The van der Waals surface area contributed by atoms with Gasteiger partial charge in [0.1, 0.15) is 0 Å². The Morgan fingerprint density at radius 1 is 1.06 bits per heavy atom. The van der Waals surface area contributed by atoms with E-state index in [-0.39, 0.29) is 0 Å². The van der Waals surface area contributed by atoms with Crippen LogP contribution in [0.3, 0.4) is 0 Å². The van der Waals surface area contributed by atoms with Crippen LogP contribution >= 0.6 is 0 Å². The highest BCUT2D eigenvalue weighted by atomic mass is 16.5. The average molecular weight is 223 g/mol. The molecule has 2 aliphatic carbocycles. The third-order valence-electron chi connectivity index (χ3n) is 5.58. The molecule has 1 saturated heterocycles. The number of fused-ring (bicyclic) bond motifs is 1. The molecule has 92 valence electrons. The Labute approximate surface area is 99.3 Å². The van der Waals surface area contributed by atoms with Crippen molar-refractivity contribution in [2.75, 3.05) is 26.3 Å². The van der Waals surface area contributed by atoms with Crippen LogP contribution in [-0.2, 0) is 4.74 Å². The van der Waals surface area contributed by atoms with Gasteiger partial charge in [-0.15, -0.1) is 0 Å². The molecule has 2 nitrogen and oxygen atoms in total. The maximum Gasteiger partial charge on any atom is 0.0594 e. The molecule has 2 unspecified atom stereocenters. The molecule has 0 aromatic carbocycles. The molecule has 2 heteroatoms. The Kier molecular flexibility index (Phi) is 2.56. The van der Waals surface area contributed by atoms with E-state index in [1.165, 1.54) is 12.8 Å². The van der Waals surface area contributed by atoms with E-state index in [2.05, 4.69) is 25.7 Å². The molecular formula is C14H25NO. The van der Waals surface area contributed by atoms with Gasteiger partial charge in [-0.05, 0) is 36.0 Å². The van der Waals surface area contributed by atoms with Crippen LogP contribution in [0.25, 0.3) is 0 Å². The van der Waals surface area contributed by atoms with Gasteiger partial charge in [0.05, 0.1) is 13.2 Å². The lowest BCUT2D eigenvalue weighted by Crippen LogP contribution is -2.47. The minimum Gasteiger partial charge on any atom is -0.379 e. The number of nitrogens with zero attached hydrogens (tertiary/aromatic N) is 1. The molecule has 2 saturated carbocycles. The third kappa shape index (κ3) is 1.62. The molecule has 0 N–H and O–H groups in total. The lowest BCUT2D eigenvalue weighted by molar-refractivity contribution is -0.00596. The summed E-state index contributed by atoms with van der Waals surface area (Å²) in [6, 6.07) is 0.840. The molecule has 3 aliphatic rings. The lowest BCUT2D eigenvalue weighted by Gasteiger charge is -2.40. The predicted molar refractivity (Wildman–Crippen MR) is 65.3 cm³/mol. The van der Waals surface area contributed by atoms with E-state index < -0.39 is 0 Å². The molecule has 0 bridgehead atoms. The molecule has 16 heavy (non-hydrogen) atoms. The maximum absolute atomic E-state index is 5.46. The highest BCUT2D eigenvalue weighted by Crippen LogP contribution is 2.66. The van der Waals surface area contributed by atoms with Crippen molar-refractivity contribution in [1.29, 1.82) is 0 Å². The minimum absolute atomic E-state index is 0.648. The van der Waals surface area contributed by atoms with Crippen LogP contribution in [0, 0.1) is 23.2 Å². The number of ether oxygens (including phenoxy) is 1. The molecule has 3 rings (SSSR count). The standard InChI is InChI=1S/C14H25NO/c1-10-8-11-12(14(11,2)3)9-13(10)15-4-6-16-7-5-15/h10-13H,4-9H2,1-3H3/t10?,11-,12+,13?/m0/s1. The summed E-state index contributed by atoms with van der Waals surface area (Å²) in [6.45, 7) is 11.6. The molecule has 3 fully saturated rings. The number of rotatable bonds is 1. The van der Waals surface area contributed by atoms with Crippen LogP contribution in [0.4, 0.5) is 0 Å². The van der Waals surface area contributed by atoms with E-state index in [4.69, 9.17) is 4.74 Å². The van der Waals surface area contributed by atoms with Crippen molar-refractivity contribution in [2.45, 2.75) is 39.7 Å². The van der Waals surface area contributed by atoms with Gasteiger partial charge in [0.25, 0.3) is 0 Å². The molecule has 0 amide bonds. The van der Waals surface area contributed by atoms with Crippen molar-refractivity contribution < 1.29 is 4.74 Å². The van der Waals surface area contributed by atoms with Crippen molar-refractivity contribution in [3.8, 4) is 0 Å². The highest BCUT2D eigenvalue weighted by molar-refractivity contribution is 5.10. The minimum atomic E-state index is 0.648. The Morgan fingerprint density at radius 3 is 2.38 bits per heavy atom. The molecule has 0 aromatic heterocycles. The van der Waals surface area contributed by atoms with Gasteiger partial charge in [-0.1, -0.05) is 20.8 Å². The van der Waals surface area contributed by atoms with Crippen LogP contribution in [0.2, 0.25) is 0 Å². The van der Waals surface area contributed by atoms with Crippen molar-refractivity contribution in [3.63, 3.8) is 0 Å². The number of hydrogen-bond donors (Lipinski definition) is 0. The first-order valence-electron chi connectivity index (χ1n) is 6.92. The summed E-state index contributed by atoms with van der Waals surface area (Å²) in [6.07, 6.45) is 2.90.